The number of alkyl halides is 3. The molecule has 0 aliphatic carbocycles. The summed E-state index contributed by atoms with van der Waals surface area (Å²) in [6.45, 7) is 0. The Hall–Kier alpha value is -0.760. The molecule has 0 saturated heterocycles. The molecule has 1 atom stereocenters. The van der Waals surface area contributed by atoms with Crippen LogP contribution in [-0.2, 0) is 6.18 Å². The van der Waals surface area contributed by atoms with E-state index in [1.165, 1.54) is 0 Å². The summed E-state index contributed by atoms with van der Waals surface area (Å²) in [5.74, 6) is -0.717. The molecule has 8 heteroatoms. The third-order valence-electron chi connectivity index (χ3n) is 1.65. The van der Waals surface area contributed by atoms with Crippen molar-refractivity contribution in [2.45, 2.75) is 18.6 Å². The minimum absolute atomic E-state index is 0.101. The second-order valence-electron chi connectivity index (χ2n) is 2.84. The van der Waals surface area contributed by atoms with E-state index in [2.05, 4.69) is 14.7 Å². The zero-order valence-corrected chi connectivity index (χ0v) is 8.73. The highest BCUT2D eigenvalue weighted by Gasteiger charge is 2.38. The summed E-state index contributed by atoms with van der Waals surface area (Å²) in [4.78, 5) is 3.20. The summed E-state index contributed by atoms with van der Waals surface area (Å²) in [5.41, 5.74) is 5.57. The second kappa shape index (κ2) is 4.84. The molecule has 0 amide bonds. The Morgan fingerprint density at radius 3 is 2.67 bits per heavy atom. The van der Waals surface area contributed by atoms with E-state index in [9.17, 15) is 13.2 Å². The molecular formula is C7H10F3N3OS. The quantitative estimate of drug-likeness (QED) is 0.871. The zero-order chi connectivity index (χ0) is 11.5. The Morgan fingerprint density at radius 2 is 2.20 bits per heavy atom. The maximum absolute atomic E-state index is 12.1. The first-order chi connectivity index (χ1) is 6.95. The molecule has 1 rings (SSSR count). The van der Waals surface area contributed by atoms with Crippen molar-refractivity contribution < 1.29 is 17.7 Å². The van der Waals surface area contributed by atoms with Crippen molar-refractivity contribution in [3.8, 4) is 0 Å². The monoisotopic (exact) mass is 241 g/mol. The smallest absolute Gasteiger partial charge is 0.329 e. The molecule has 0 aliphatic heterocycles. The van der Waals surface area contributed by atoms with Gasteiger partial charge in [-0.15, -0.1) is 0 Å². The van der Waals surface area contributed by atoms with Gasteiger partial charge in [0, 0.05) is 0 Å². The maximum atomic E-state index is 12.1. The van der Waals surface area contributed by atoms with Gasteiger partial charge < -0.3 is 10.3 Å². The highest BCUT2D eigenvalue weighted by Crippen LogP contribution is 2.28. The van der Waals surface area contributed by atoms with Crippen molar-refractivity contribution in [1.82, 2.24) is 10.1 Å². The van der Waals surface area contributed by atoms with Crippen LogP contribution in [0.1, 0.15) is 24.2 Å². The van der Waals surface area contributed by atoms with E-state index in [1.54, 1.807) is 11.8 Å². The lowest BCUT2D eigenvalue weighted by molar-refractivity contribution is -0.159. The highest BCUT2D eigenvalue weighted by atomic mass is 32.2. The van der Waals surface area contributed by atoms with Gasteiger partial charge >= 0.3 is 12.1 Å². The van der Waals surface area contributed by atoms with Gasteiger partial charge in [0.25, 0.3) is 0 Å². The summed E-state index contributed by atoms with van der Waals surface area (Å²) in [5, 5.41) is 3.20. The number of nitrogens with two attached hydrogens (primary N) is 1. The fraction of sp³-hybridized carbons (Fsp3) is 0.714. The molecule has 0 aliphatic rings. The van der Waals surface area contributed by atoms with Crippen LogP contribution in [0, 0.1) is 0 Å². The summed E-state index contributed by atoms with van der Waals surface area (Å²) in [6, 6.07) is -0.614. The fourth-order valence-electron chi connectivity index (χ4n) is 0.875. The number of rotatable bonds is 4. The first-order valence-electron chi connectivity index (χ1n) is 4.10. The van der Waals surface area contributed by atoms with Crippen molar-refractivity contribution >= 4 is 11.8 Å². The highest BCUT2D eigenvalue weighted by molar-refractivity contribution is 7.98. The van der Waals surface area contributed by atoms with E-state index in [1.807, 2.05) is 6.26 Å². The van der Waals surface area contributed by atoms with Gasteiger partial charge in [-0.05, 0) is 18.4 Å². The molecule has 1 unspecified atom stereocenters. The summed E-state index contributed by atoms with van der Waals surface area (Å²) in [6.07, 6.45) is -2.22. The van der Waals surface area contributed by atoms with Gasteiger partial charge in [-0.3, -0.25) is 0 Å². The topological polar surface area (TPSA) is 64.9 Å². The zero-order valence-electron chi connectivity index (χ0n) is 7.91. The van der Waals surface area contributed by atoms with Gasteiger partial charge in [0.15, 0.2) is 5.82 Å². The molecule has 2 N–H and O–H groups in total. The maximum Gasteiger partial charge on any atom is 0.471 e. The van der Waals surface area contributed by atoms with Gasteiger partial charge in [-0.2, -0.15) is 29.9 Å². The van der Waals surface area contributed by atoms with Gasteiger partial charge in [-0.25, -0.2) is 0 Å². The second-order valence-corrected chi connectivity index (χ2v) is 3.83. The van der Waals surface area contributed by atoms with Crippen LogP contribution in [0.4, 0.5) is 13.2 Å². The SMILES string of the molecule is CSCCC(N)c1noc(C(F)(F)F)n1. The van der Waals surface area contributed by atoms with Crippen LogP contribution in [0.15, 0.2) is 4.52 Å². The van der Waals surface area contributed by atoms with Crippen molar-refractivity contribution in [3.63, 3.8) is 0 Å². The van der Waals surface area contributed by atoms with Gasteiger partial charge in [0.1, 0.15) is 0 Å². The predicted octanol–water partition coefficient (Wildman–Crippen LogP) is 1.84. The normalized spacial score (nSPS) is 14.2. The summed E-state index contributed by atoms with van der Waals surface area (Å²) < 4.78 is 40.3. The van der Waals surface area contributed by atoms with Crippen molar-refractivity contribution in [2.24, 2.45) is 5.73 Å². The van der Waals surface area contributed by atoms with Gasteiger partial charge in [-0.1, -0.05) is 5.16 Å². The predicted molar refractivity (Wildman–Crippen MR) is 49.2 cm³/mol. The molecule has 0 fully saturated rings. The molecule has 0 radical (unpaired) electrons. The van der Waals surface area contributed by atoms with E-state index in [4.69, 9.17) is 5.73 Å². The first kappa shape index (κ1) is 12.3. The fourth-order valence-corrected chi connectivity index (χ4v) is 1.36. The standard InChI is InChI=1S/C7H10F3N3OS/c1-15-3-2-4(11)5-12-6(14-13-5)7(8,9)10/h4H,2-3,11H2,1H3. The third-order valence-corrected chi connectivity index (χ3v) is 2.29. The number of halogens is 3. The van der Waals surface area contributed by atoms with E-state index < -0.39 is 18.1 Å². The lowest BCUT2D eigenvalue weighted by Gasteiger charge is -2.04. The molecule has 1 aromatic heterocycles. The minimum atomic E-state index is -4.61. The molecule has 86 valence electrons. The van der Waals surface area contributed by atoms with E-state index in [0.29, 0.717) is 6.42 Å². The first-order valence-corrected chi connectivity index (χ1v) is 5.50. The average Bonchev–Trinajstić information content (AvgIpc) is 2.62. The van der Waals surface area contributed by atoms with Crippen molar-refractivity contribution in [3.05, 3.63) is 11.7 Å². The van der Waals surface area contributed by atoms with Crippen LogP contribution in [-0.4, -0.2) is 22.1 Å². The number of aromatic nitrogens is 2. The van der Waals surface area contributed by atoms with E-state index >= 15 is 0 Å². The van der Waals surface area contributed by atoms with Crippen LogP contribution in [0.5, 0.6) is 0 Å². The third kappa shape index (κ3) is 3.38. The van der Waals surface area contributed by atoms with E-state index in [0.717, 1.165) is 5.75 Å². The lowest BCUT2D eigenvalue weighted by atomic mass is 10.2. The number of hydrogen-bond donors (Lipinski definition) is 1. The molecular weight excluding hydrogens is 231 g/mol. The minimum Gasteiger partial charge on any atom is -0.329 e. The molecule has 1 aromatic rings. The van der Waals surface area contributed by atoms with E-state index in [-0.39, 0.29) is 5.82 Å². The molecule has 15 heavy (non-hydrogen) atoms. The summed E-state index contributed by atoms with van der Waals surface area (Å²) >= 11 is 1.55. The van der Waals surface area contributed by atoms with Crippen LogP contribution >= 0.6 is 11.8 Å². The van der Waals surface area contributed by atoms with Crippen LogP contribution < -0.4 is 5.73 Å². The number of nitrogens with zero attached hydrogens (tertiary/aromatic N) is 2. The largest absolute Gasteiger partial charge is 0.471 e. The van der Waals surface area contributed by atoms with Crippen molar-refractivity contribution in [2.75, 3.05) is 12.0 Å². The number of hydrogen-bond acceptors (Lipinski definition) is 5. The molecule has 4 nitrogen and oxygen atoms in total. The Labute approximate surface area is 88.4 Å². The molecule has 0 bridgehead atoms. The molecule has 0 saturated carbocycles. The molecule has 0 aromatic carbocycles. The van der Waals surface area contributed by atoms with Crippen LogP contribution in [0.3, 0.4) is 0 Å². The van der Waals surface area contributed by atoms with Crippen LogP contribution in [0.2, 0.25) is 0 Å². The summed E-state index contributed by atoms with van der Waals surface area (Å²) in [7, 11) is 0. The van der Waals surface area contributed by atoms with Gasteiger partial charge in [0.05, 0.1) is 6.04 Å². The van der Waals surface area contributed by atoms with Gasteiger partial charge in [0.2, 0.25) is 0 Å². The Morgan fingerprint density at radius 1 is 1.53 bits per heavy atom. The lowest BCUT2D eigenvalue weighted by Crippen LogP contribution is -2.13. The van der Waals surface area contributed by atoms with Crippen molar-refractivity contribution in [1.29, 1.82) is 0 Å². The Bertz CT molecular complexity index is 315. The molecule has 0 spiro atoms. The molecule has 1 heterocycles. The number of thioether (sulfide) groups is 1. The average molecular weight is 241 g/mol. The Kier molecular flexibility index (Phi) is 3.97. The van der Waals surface area contributed by atoms with Crippen LogP contribution in [0.25, 0.3) is 0 Å². The Balaban J connectivity index is 2.67.